The molecule has 1 heterocycles. The average Bonchev–Trinajstić information content (AvgIpc) is 2.06. The zero-order valence-electron chi connectivity index (χ0n) is 6.76. The van der Waals surface area contributed by atoms with E-state index >= 15 is 0 Å². The lowest BCUT2D eigenvalue weighted by atomic mass is 10.5. The summed E-state index contributed by atoms with van der Waals surface area (Å²) in [5.74, 6) is -0.522. The van der Waals surface area contributed by atoms with Gasteiger partial charge in [0.2, 0.25) is 5.88 Å². The minimum atomic E-state index is -4.49. The highest BCUT2D eigenvalue weighted by Gasteiger charge is 2.29. The molecule has 0 atom stereocenters. The largest absolute Gasteiger partial charge is 0.466 e. The number of hydrogen-bond acceptors (Lipinski definition) is 4. The van der Waals surface area contributed by atoms with Crippen LogP contribution in [0.3, 0.4) is 0 Å². The summed E-state index contributed by atoms with van der Waals surface area (Å²) in [5, 5.41) is 0. The van der Waals surface area contributed by atoms with E-state index in [1.54, 1.807) is 0 Å². The second kappa shape index (κ2) is 3.56. The van der Waals surface area contributed by atoms with Crippen molar-refractivity contribution in [3.05, 3.63) is 16.7 Å². The number of nitrogen functional groups attached to an aromatic ring is 1. The van der Waals surface area contributed by atoms with E-state index in [0.29, 0.717) is 0 Å². The van der Waals surface area contributed by atoms with Crippen LogP contribution in [0.5, 0.6) is 5.88 Å². The van der Waals surface area contributed by atoms with Crippen molar-refractivity contribution in [3.63, 3.8) is 0 Å². The van der Waals surface area contributed by atoms with E-state index < -0.39 is 29.9 Å². The topological polar surface area (TPSA) is 81.0 Å². The van der Waals surface area contributed by atoms with Crippen LogP contribution in [0.15, 0.2) is 11.1 Å². The third kappa shape index (κ3) is 2.64. The molecule has 0 aliphatic rings. The average molecular weight is 209 g/mol. The summed E-state index contributed by atoms with van der Waals surface area (Å²) in [4.78, 5) is 16.2. The van der Waals surface area contributed by atoms with E-state index in [-0.39, 0.29) is 0 Å². The number of H-pyrrole nitrogens is 1. The maximum absolute atomic E-state index is 11.7. The number of nitrogens with two attached hydrogens (primary N) is 1. The van der Waals surface area contributed by atoms with Gasteiger partial charge < -0.3 is 15.5 Å². The highest BCUT2D eigenvalue weighted by atomic mass is 19.4. The first-order chi connectivity index (χ1) is 6.40. The molecule has 8 heteroatoms. The van der Waals surface area contributed by atoms with Crippen LogP contribution in [0.1, 0.15) is 0 Å². The molecule has 1 aromatic heterocycles. The highest BCUT2D eigenvalue weighted by molar-refractivity contribution is 5.44. The molecular weight excluding hydrogens is 203 g/mol. The Morgan fingerprint density at radius 3 is 2.79 bits per heavy atom. The van der Waals surface area contributed by atoms with Crippen molar-refractivity contribution in [1.82, 2.24) is 9.97 Å². The smallest absolute Gasteiger partial charge is 0.422 e. The SMILES string of the molecule is Nc1c(OCC(F)(F)F)nc[nH]c1=O. The summed E-state index contributed by atoms with van der Waals surface area (Å²) in [6, 6.07) is 0. The predicted molar refractivity (Wildman–Crippen MR) is 40.8 cm³/mol. The van der Waals surface area contributed by atoms with Crippen LogP contribution in [0.2, 0.25) is 0 Å². The molecular formula is C6H6F3N3O2. The van der Waals surface area contributed by atoms with Gasteiger partial charge in [0.15, 0.2) is 12.3 Å². The zero-order valence-corrected chi connectivity index (χ0v) is 6.76. The van der Waals surface area contributed by atoms with Crippen LogP contribution in [-0.2, 0) is 0 Å². The summed E-state index contributed by atoms with van der Waals surface area (Å²) < 4.78 is 39.3. The predicted octanol–water partition coefficient (Wildman–Crippen LogP) is 0.293. The van der Waals surface area contributed by atoms with Gasteiger partial charge in [-0.25, -0.2) is 4.98 Å². The molecule has 0 spiro atoms. The number of aromatic amines is 1. The first-order valence-electron chi connectivity index (χ1n) is 3.43. The van der Waals surface area contributed by atoms with Crippen molar-refractivity contribution >= 4 is 5.69 Å². The Morgan fingerprint density at radius 2 is 2.21 bits per heavy atom. The van der Waals surface area contributed by atoms with Gasteiger partial charge >= 0.3 is 6.18 Å². The second-order valence-electron chi connectivity index (χ2n) is 2.35. The number of nitrogens with one attached hydrogen (secondary N) is 1. The third-order valence-corrected chi connectivity index (χ3v) is 1.23. The Kier molecular flexibility index (Phi) is 2.63. The number of anilines is 1. The van der Waals surface area contributed by atoms with Crippen LogP contribution in [0.4, 0.5) is 18.9 Å². The van der Waals surface area contributed by atoms with Crippen LogP contribution in [0.25, 0.3) is 0 Å². The van der Waals surface area contributed by atoms with Crippen LogP contribution < -0.4 is 16.0 Å². The molecule has 0 aliphatic carbocycles. The van der Waals surface area contributed by atoms with Gasteiger partial charge in [0.25, 0.3) is 5.56 Å². The van der Waals surface area contributed by atoms with Crippen molar-refractivity contribution in [3.8, 4) is 5.88 Å². The summed E-state index contributed by atoms with van der Waals surface area (Å²) in [6.07, 6.45) is -3.58. The fourth-order valence-corrected chi connectivity index (χ4v) is 0.659. The monoisotopic (exact) mass is 209 g/mol. The molecule has 78 valence electrons. The highest BCUT2D eigenvalue weighted by Crippen LogP contribution is 2.18. The van der Waals surface area contributed by atoms with Crippen molar-refractivity contribution < 1.29 is 17.9 Å². The van der Waals surface area contributed by atoms with Crippen molar-refractivity contribution in [2.45, 2.75) is 6.18 Å². The summed E-state index contributed by atoms with van der Waals surface area (Å²) in [7, 11) is 0. The van der Waals surface area contributed by atoms with Crippen LogP contribution in [0, 0.1) is 0 Å². The number of hydrogen-bond donors (Lipinski definition) is 2. The summed E-state index contributed by atoms with van der Waals surface area (Å²) in [5.41, 5.74) is 3.90. The van der Waals surface area contributed by atoms with E-state index in [4.69, 9.17) is 5.73 Å². The van der Waals surface area contributed by atoms with Crippen molar-refractivity contribution in [1.29, 1.82) is 0 Å². The number of alkyl halides is 3. The standard InChI is InChI=1S/C6H6F3N3O2/c7-6(8,9)1-14-5-3(10)4(13)11-2-12-5/h2H,1,10H2,(H,11,12,13). The Hall–Kier alpha value is -1.73. The molecule has 1 aromatic rings. The quantitative estimate of drug-likeness (QED) is 0.733. The van der Waals surface area contributed by atoms with Gasteiger partial charge in [-0.15, -0.1) is 0 Å². The molecule has 0 aromatic carbocycles. The van der Waals surface area contributed by atoms with E-state index in [1.165, 1.54) is 0 Å². The molecule has 0 fully saturated rings. The van der Waals surface area contributed by atoms with Crippen LogP contribution in [-0.4, -0.2) is 22.8 Å². The fraction of sp³-hybridized carbons (Fsp3) is 0.333. The lowest BCUT2D eigenvalue weighted by molar-refractivity contribution is -0.154. The van der Waals surface area contributed by atoms with Crippen LogP contribution >= 0.6 is 0 Å². The molecule has 0 saturated heterocycles. The molecule has 0 radical (unpaired) electrons. The second-order valence-corrected chi connectivity index (χ2v) is 2.35. The number of halogens is 3. The number of rotatable bonds is 2. The van der Waals surface area contributed by atoms with E-state index in [0.717, 1.165) is 6.33 Å². The fourth-order valence-electron chi connectivity index (χ4n) is 0.659. The lowest BCUT2D eigenvalue weighted by Crippen LogP contribution is -2.22. The first kappa shape index (κ1) is 10.4. The molecule has 0 amide bonds. The molecule has 1 rings (SSSR count). The normalized spacial score (nSPS) is 11.4. The molecule has 3 N–H and O–H groups in total. The van der Waals surface area contributed by atoms with E-state index in [9.17, 15) is 18.0 Å². The van der Waals surface area contributed by atoms with Gasteiger partial charge in [0, 0.05) is 0 Å². The number of ether oxygens (including phenoxy) is 1. The van der Waals surface area contributed by atoms with Gasteiger partial charge in [-0.05, 0) is 0 Å². The minimum Gasteiger partial charge on any atom is -0.466 e. The van der Waals surface area contributed by atoms with Crippen molar-refractivity contribution in [2.75, 3.05) is 12.3 Å². The molecule has 5 nitrogen and oxygen atoms in total. The third-order valence-electron chi connectivity index (χ3n) is 1.23. The molecule has 0 aliphatic heterocycles. The number of aromatic nitrogens is 2. The molecule has 0 saturated carbocycles. The van der Waals surface area contributed by atoms with Gasteiger partial charge in [0.05, 0.1) is 6.33 Å². The Labute approximate surface area is 75.7 Å². The Bertz CT molecular complexity index is 373. The van der Waals surface area contributed by atoms with E-state index in [2.05, 4.69) is 14.7 Å². The Morgan fingerprint density at radius 1 is 1.57 bits per heavy atom. The Balaban J connectivity index is 2.78. The van der Waals surface area contributed by atoms with Gasteiger partial charge in [-0.2, -0.15) is 13.2 Å². The maximum atomic E-state index is 11.7. The lowest BCUT2D eigenvalue weighted by Gasteiger charge is -2.08. The molecule has 14 heavy (non-hydrogen) atoms. The summed E-state index contributed by atoms with van der Waals surface area (Å²) >= 11 is 0. The van der Waals surface area contributed by atoms with Gasteiger partial charge in [-0.3, -0.25) is 4.79 Å². The van der Waals surface area contributed by atoms with Gasteiger partial charge in [0.1, 0.15) is 0 Å². The minimum absolute atomic E-state index is 0.475. The van der Waals surface area contributed by atoms with Gasteiger partial charge in [-0.1, -0.05) is 0 Å². The van der Waals surface area contributed by atoms with Crippen molar-refractivity contribution in [2.24, 2.45) is 0 Å². The first-order valence-corrected chi connectivity index (χ1v) is 3.43. The molecule has 0 bridgehead atoms. The van der Waals surface area contributed by atoms with E-state index in [1.807, 2.05) is 0 Å². The zero-order chi connectivity index (χ0) is 10.8. The summed E-state index contributed by atoms with van der Waals surface area (Å²) in [6.45, 7) is -1.53. The molecule has 0 unspecified atom stereocenters. The number of nitrogens with zero attached hydrogens (tertiary/aromatic N) is 1. The maximum Gasteiger partial charge on any atom is 0.422 e.